The first kappa shape index (κ1) is 19.6. The van der Waals surface area contributed by atoms with Gasteiger partial charge in [0.1, 0.15) is 0 Å². The predicted molar refractivity (Wildman–Crippen MR) is 127 cm³/mol. The monoisotopic (exact) mass is 408 g/mol. The van der Waals surface area contributed by atoms with Crippen molar-refractivity contribution < 1.29 is 4.79 Å². The largest absolute Gasteiger partial charge is 0.378 e. The van der Waals surface area contributed by atoms with Crippen LogP contribution in [-0.4, -0.2) is 5.91 Å². The molecule has 0 radical (unpaired) electrons. The van der Waals surface area contributed by atoms with Gasteiger partial charge in [-0.15, -0.1) is 0 Å². The Labute approximate surface area is 184 Å². The van der Waals surface area contributed by atoms with Crippen LogP contribution >= 0.6 is 0 Å². The number of rotatable bonds is 5. The van der Waals surface area contributed by atoms with Crippen molar-refractivity contribution in [3.63, 3.8) is 0 Å². The fourth-order valence-electron chi connectivity index (χ4n) is 4.90. The minimum atomic E-state index is 0.0589. The van der Waals surface area contributed by atoms with Crippen LogP contribution in [0.1, 0.15) is 47.1 Å². The number of hydrogen-bond donors (Lipinski definition) is 2. The molecule has 1 heterocycles. The number of carbonyl (C=O) groups excluding carboxylic acids is 1. The highest BCUT2D eigenvalue weighted by Crippen LogP contribution is 2.50. The molecule has 5 rings (SSSR count). The average molecular weight is 409 g/mol. The highest BCUT2D eigenvalue weighted by Gasteiger charge is 2.37. The molecule has 0 bridgehead atoms. The molecule has 156 valence electrons. The van der Waals surface area contributed by atoms with Crippen LogP contribution in [0.25, 0.3) is 0 Å². The molecule has 31 heavy (non-hydrogen) atoms. The summed E-state index contributed by atoms with van der Waals surface area (Å²) < 4.78 is 0. The Bertz CT molecular complexity index is 1100. The number of fused-ring (bicyclic) bond motifs is 3. The first-order valence-electron chi connectivity index (χ1n) is 11.1. The molecule has 3 nitrogen and oxygen atoms in total. The van der Waals surface area contributed by atoms with Gasteiger partial charge in [-0.2, -0.15) is 0 Å². The molecule has 0 saturated carbocycles. The SMILES string of the molecule is Cc1ccc(C2Nc3ccc(NC(=O)CCc4ccccc4)cc3C3C=CCC32)cc1. The van der Waals surface area contributed by atoms with Crippen LogP contribution in [0.15, 0.2) is 84.9 Å². The van der Waals surface area contributed by atoms with Crippen LogP contribution in [0.2, 0.25) is 0 Å². The van der Waals surface area contributed by atoms with Crippen LogP contribution in [-0.2, 0) is 11.2 Å². The van der Waals surface area contributed by atoms with Crippen LogP contribution in [0.4, 0.5) is 11.4 Å². The second-order valence-corrected chi connectivity index (χ2v) is 8.72. The lowest BCUT2D eigenvalue weighted by molar-refractivity contribution is -0.116. The minimum Gasteiger partial charge on any atom is -0.378 e. The van der Waals surface area contributed by atoms with Crippen molar-refractivity contribution in [3.05, 3.63) is 107 Å². The van der Waals surface area contributed by atoms with Crippen LogP contribution in [0, 0.1) is 12.8 Å². The molecule has 0 spiro atoms. The Hall–Kier alpha value is -3.33. The smallest absolute Gasteiger partial charge is 0.224 e. The number of anilines is 2. The van der Waals surface area contributed by atoms with Gasteiger partial charge in [-0.1, -0.05) is 72.3 Å². The summed E-state index contributed by atoms with van der Waals surface area (Å²) in [4.78, 5) is 12.5. The molecule has 2 N–H and O–H groups in total. The van der Waals surface area contributed by atoms with Gasteiger partial charge in [0.2, 0.25) is 5.91 Å². The van der Waals surface area contributed by atoms with Crippen molar-refractivity contribution in [2.75, 3.05) is 10.6 Å². The summed E-state index contributed by atoms with van der Waals surface area (Å²) in [6.07, 6.45) is 6.96. The molecule has 0 saturated heterocycles. The second kappa shape index (κ2) is 8.43. The third kappa shape index (κ3) is 4.13. The van der Waals surface area contributed by atoms with Crippen molar-refractivity contribution in [1.29, 1.82) is 0 Å². The third-order valence-electron chi connectivity index (χ3n) is 6.57. The second-order valence-electron chi connectivity index (χ2n) is 8.72. The van der Waals surface area contributed by atoms with Gasteiger partial charge in [-0.05, 0) is 60.6 Å². The van der Waals surface area contributed by atoms with Crippen molar-refractivity contribution in [2.24, 2.45) is 5.92 Å². The van der Waals surface area contributed by atoms with E-state index in [4.69, 9.17) is 0 Å². The molecule has 0 aromatic heterocycles. The zero-order valence-electron chi connectivity index (χ0n) is 17.8. The molecular weight excluding hydrogens is 380 g/mol. The maximum atomic E-state index is 12.5. The van der Waals surface area contributed by atoms with Gasteiger partial charge in [0.15, 0.2) is 0 Å². The molecule has 3 unspecified atom stereocenters. The highest BCUT2D eigenvalue weighted by atomic mass is 16.1. The Kier molecular flexibility index (Phi) is 5.33. The van der Waals surface area contributed by atoms with Crippen molar-refractivity contribution in [1.82, 2.24) is 0 Å². The topological polar surface area (TPSA) is 41.1 Å². The van der Waals surface area contributed by atoms with E-state index in [9.17, 15) is 4.79 Å². The van der Waals surface area contributed by atoms with Crippen LogP contribution < -0.4 is 10.6 Å². The van der Waals surface area contributed by atoms with Gasteiger partial charge in [-0.3, -0.25) is 4.79 Å². The van der Waals surface area contributed by atoms with Gasteiger partial charge in [0, 0.05) is 23.7 Å². The Morgan fingerprint density at radius 2 is 1.84 bits per heavy atom. The molecular formula is C28H28N2O. The Morgan fingerprint density at radius 3 is 2.65 bits per heavy atom. The average Bonchev–Trinajstić information content (AvgIpc) is 3.29. The summed E-state index contributed by atoms with van der Waals surface area (Å²) >= 11 is 0. The molecule has 0 fully saturated rings. The molecule has 3 aromatic carbocycles. The van der Waals surface area contributed by atoms with E-state index in [0.29, 0.717) is 24.3 Å². The van der Waals surface area contributed by atoms with E-state index >= 15 is 0 Å². The molecule has 1 amide bonds. The Balaban J connectivity index is 1.32. The van der Waals surface area contributed by atoms with Crippen LogP contribution in [0.3, 0.4) is 0 Å². The number of benzene rings is 3. The lowest BCUT2D eigenvalue weighted by Gasteiger charge is -2.37. The lowest BCUT2D eigenvalue weighted by atomic mass is 9.77. The first-order chi connectivity index (χ1) is 15.2. The summed E-state index contributed by atoms with van der Waals surface area (Å²) in [7, 11) is 0. The molecule has 3 heteroatoms. The fraction of sp³-hybridized carbons (Fsp3) is 0.250. The number of aryl methyl sites for hydroxylation is 2. The van der Waals surface area contributed by atoms with E-state index in [0.717, 1.165) is 18.5 Å². The zero-order chi connectivity index (χ0) is 21.2. The number of nitrogens with one attached hydrogen (secondary N) is 2. The summed E-state index contributed by atoms with van der Waals surface area (Å²) in [6, 6.07) is 25.6. The van der Waals surface area contributed by atoms with Crippen molar-refractivity contribution in [3.8, 4) is 0 Å². The van der Waals surface area contributed by atoms with Gasteiger partial charge >= 0.3 is 0 Å². The van der Waals surface area contributed by atoms with Crippen LogP contribution in [0.5, 0.6) is 0 Å². The molecule has 3 atom stereocenters. The van der Waals surface area contributed by atoms with Crippen molar-refractivity contribution >= 4 is 17.3 Å². The normalized spacial score (nSPS) is 21.1. The molecule has 1 aliphatic carbocycles. The standard InChI is InChI=1S/C28H28N2O/c1-19-10-13-21(14-11-19)28-24-9-5-8-23(24)25-18-22(15-16-26(25)30-28)29-27(31)17-12-20-6-3-2-4-7-20/h2-8,10-11,13-16,18,23-24,28,30H,9,12,17H2,1H3,(H,29,31). The van der Waals surface area contributed by atoms with Gasteiger partial charge in [-0.25, -0.2) is 0 Å². The zero-order valence-corrected chi connectivity index (χ0v) is 17.8. The van der Waals surface area contributed by atoms with Gasteiger partial charge in [0.05, 0.1) is 6.04 Å². The van der Waals surface area contributed by atoms with Crippen molar-refractivity contribution in [2.45, 2.75) is 38.1 Å². The maximum absolute atomic E-state index is 12.5. The van der Waals surface area contributed by atoms with E-state index in [1.807, 2.05) is 24.3 Å². The van der Waals surface area contributed by atoms with E-state index in [1.165, 1.54) is 27.9 Å². The molecule has 1 aliphatic heterocycles. The van der Waals surface area contributed by atoms with E-state index in [2.05, 4.69) is 78.2 Å². The summed E-state index contributed by atoms with van der Waals surface area (Å²) in [5, 5.41) is 6.88. The highest BCUT2D eigenvalue weighted by molar-refractivity contribution is 5.91. The number of hydrogen-bond acceptors (Lipinski definition) is 2. The summed E-state index contributed by atoms with van der Waals surface area (Å²) in [5.41, 5.74) is 7.14. The van der Waals surface area contributed by atoms with Gasteiger partial charge < -0.3 is 10.6 Å². The maximum Gasteiger partial charge on any atom is 0.224 e. The summed E-state index contributed by atoms with van der Waals surface area (Å²) in [5.74, 6) is 0.937. The molecule has 3 aromatic rings. The first-order valence-corrected chi connectivity index (χ1v) is 11.1. The number of amides is 1. The molecule has 2 aliphatic rings. The van der Waals surface area contributed by atoms with Gasteiger partial charge in [0.25, 0.3) is 0 Å². The Morgan fingerprint density at radius 1 is 1.03 bits per heavy atom. The predicted octanol–water partition coefficient (Wildman–Crippen LogP) is 6.39. The number of allylic oxidation sites excluding steroid dienone is 2. The summed E-state index contributed by atoms with van der Waals surface area (Å²) in [6.45, 7) is 2.13. The lowest BCUT2D eigenvalue weighted by Crippen LogP contribution is -2.29. The number of carbonyl (C=O) groups is 1. The van der Waals surface area contributed by atoms with E-state index < -0.39 is 0 Å². The van der Waals surface area contributed by atoms with E-state index in [1.54, 1.807) is 0 Å². The fourth-order valence-corrected chi connectivity index (χ4v) is 4.90. The third-order valence-corrected chi connectivity index (χ3v) is 6.57. The quantitative estimate of drug-likeness (QED) is 0.480. The van der Waals surface area contributed by atoms with E-state index in [-0.39, 0.29) is 5.91 Å². The minimum absolute atomic E-state index is 0.0589.